The Balaban J connectivity index is 1.29. The molecule has 0 saturated carbocycles. The van der Waals surface area contributed by atoms with E-state index in [0.29, 0.717) is 18.8 Å². The van der Waals surface area contributed by atoms with Gasteiger partial charge >= 0.3 is 6.03 Å². The molecule has 4 rings (SSSR count). The lowest BCUT2D eigenvalue weighted by Gasteiger charge is -2.32. The summed E-state index contributed by atoms with van der Waals surface area (Å²) in [6.45, 7) is 3.25. The van der Waals surface area contributed by atoms with Crippen molar-refractivity contribution in [3.63, 3.8) is 0 Å². The maximum Gasteiger partial charge on any atom is 0.319 e. The second kappa shape index (κ2) is 9.09. The number of rotatable bonds is 4. The molecule has 1 aliphatic rings. The van der Waals surface area contributed by atoms with Gasteiger partial charge in [0.15, 0.2) is 0 Å². The number of amides is 3. The van der Waals surface area contributed by atoms with Gasteiger partial charge in [0.05, 0.1) is 0 Å². The lowest BCUT2D eigenvalue weighted by molar-refractivity contribution is 0.0704. The molecular weight excluding hydrogens is 396 g/mol. The van der Waals surface area contributed by atoms with E-state index in [9.17, 15) is 9.59 Å². The molecule has 154 valence electrons. The van der Waals surface area contributed by atoms with Crippen LogP contribution in [0.5, 0.6) is 0 Å². The van der Waals surface area contributed by atoms with Gasteiger partial charge in [0, 0.05) is 35.8 Å². The van der Waals surface area contributed by atoms with E-state index in [2.05, 4.69) is 15.6 Å². The number of carbonyl (C=O) groups is 2. The van der Waals surface area contributed by atoms with E-state index in [-0.39, 0.29) is 18.0 Å². The van der Waals surface area contributed by atoms with Gasteiger partial charge in [-0.05, 0) is 31.9 Å². The summed E-state index contributed by atoms with van der Waals surface area (Å²) in [5.41, 5.74) is 3.47. The molecule has 0 aliphatic carbocycles. The predicted molar refractivity (Wildman–Crippen MR) is 120 cm³/mol. The van der Waals surface area contributed by atoms with E-state index in [4.69, 9.17) is 0 Å². The first-order valence-electron chi connectivity index (χ1n) is 10.0. The minimum Gasteiger partial charge on any atom is -0.337 e. The Morgan fingerprint density at radius 1 is 1.03 bits per heavy atom. The summed E-state index contributed by atoms with van der Waals surface area (Å²) in [5, 5.41) is 8.51. The number of anilines is 1. The van der Waals surface area contributed by atoms with Crippen LogP contribution < -0.4 is 10.6 Å². The Bertz CT molecular complexity index is 1010. The molecule has 1 aliphatic heterocycles. The van der Waals surface area contributed by atoms with Gasteiger partial charge in [0.1, 0.15) is 10.7 Å². The second-order valence-electron chi connectivity index (χ2n) is 7.43. The highest BCUT2D eigenvalue weighted by Crippen LogP contribution is 2.25. The van der Waals surface area contributed by atoms with Crippen LogP contribution in [0.4, 0.5) is 10.5 Å². The highest BCUT2D eigenvalue weighted by atomic mass is 32.1. The van der Waals surface area contributed by atoms with Crippen molar-refractivity contribution in [3.8, 4) is 10.6 Å². The first-order chi connectivity index (χ1) is 14.6. The Labute approximate surface area is 180 Å². The number of thiazole rings is 1. The van der Waals surface area contributed by atoms with Crippen LogP contribution in [-0.4, -0.2) is 41.0 Å². The second-order valence-corrected chi connectivity index (χ2v) is 8.29. The average Bonchev–Trinajstić information content (AvgIpc) is 3.25. The number of likely N-dealkylation sites (tertiary alicyclic amines) is 1. The molecular formula is C23H24N4O2S. The zero-order chi connectivity index (χ0) is 20.9. The molecule has 3 aromatic rings. The average molecular weight is 421 g/mol. The lowest BCUT2D eigenvalue weighted by Crippen LogP contribution is -2.47. The highest BCUT2D eigenvalue weighted by molar-refractivity contribution is 7.13. The maximum absolute atomic E-state index is 12.8. The van der Waals surface area contributed by atoms with Gasteiger partial charge in [-0.2, -0.15) is 0 Å². The number of nitrogens with zero attached hydrogens (tertiary/aromatic N) is 2. The number of urea groups is 1. The van der Waals surface area contributed by atoms with Gasteiger partial charge in [-0.15, -0.1) is 11.3 Å². The molecule has 1 saturated heterocycles. The first-order valence-corrected chi connectivity index (χ1v) is 10.9. The molecule has 0 atom stereocenters. The van der Waals surface area contributed by atoms with Gasteiger partial charge in [0.25, 0.3) is 5.91 Å². The summed E-state index contributed by atoms with van der Waals surface area (Å²) >= 11 is 1.49. The fourth-order valence-electron chi connectivity index (χ4n) is 3.46. The van der Waals surface area contributed by atoms with Crippen LogP contribution in [0.25, 0.3) is 10.6 Å². The number of piperidine rings is 1. The fourth-order valence-corrected chi connectivity index (χ4v) is 4.26. The SMILES string of the molecule is Cc1ccc(-c2nc(C(=O)N3CCC(NC(=O)Nc4ccccc4)CC3)cs2)cc1. The summed E-state index contributed by atoms with van der Waals surface area (Å²) in [6, 6.07) is 17.3. The monoisotopic (exact) mass is 420 g/mol. The van der Waals surface area contributed by atoms with Crippen molar-refractivity contribution in [2.24, 2.45) is 0 Å². The van der Waals surface area contributed by atoms with Crippen molar-refractivity contribution >= 4 is 29.0 Å². The Kier molecular flexibility index (Phi) is 6.09. The minimum atomic E-state index is -0.215. The number of aryl methyl sites for hydroxylation is 1. The van der Waals surface area contributed by atoms with E-state index >= 15 is 0 Å². The van der Waals surface area contributed by atoms with E-state index < -0.39 is 0 Å². The quantitative estimate of drug-likeness (QED) is 0.650. The van der Waals surface area contributed by atoms with Crippen molar-refractivity contribution < 1.29 is 9.59 Å². The smallest absolute Gasteiger partial charge is 0.319 e. The zero-order valence-corrected chi connectivity index (χ0v) is 17.6. The van der Waals surface area contributed by atoms with Crippen LogP contribution in [-0.2, 0) is 0 Å². The molecule has 0 unspecified atom stereocenters. The summed E-state index contributed by atoms with van der Waals surface area (Å²) in [4.78, 5) is 31.4. The van der Waals surface area contributed by atoms with Crippen molar-refractivity contribution in [2.45, 2.75) is 25.8 Å². The van der Waals surface area contributed by atoms with Crippen molar-refractivity contribution in [1.82, 2.24) is 15.2 Å². The number of para-hydroxylation sites is 1. The number of nitrogens with one attached hydrogen (secondary N) is 2. The Morgan fingerprint density at radius 3 is 2.43 bits per heavy atom. The zero-order valence-electron chi connectivity index (χ0n) is 16.8. The highest BCUT2D eigenvalue weighted by Gasteiger charge is 2.26. The van der Waals surface area contributed by atoms with Crippen molar-refractivity contribution in [1.29, 1.82) is 0 Å². The molecule has 2 aromatic carbocycles. The summed E-state index contributed by atoms with van der Waals surface area (Å²) in [7, 11) is 0. The Morgan fingerprint density at radius 2 is 1.73 bits per heavy atom. The van der Waals surface area contributed by atoms with E-state index in [0.717, 1.165) is 29.1 Å². The first kappa shape index (κ1) is 20.1. The van der Waals surface area contributed by atoms with E-state index in [1.807, 2.05) is 71.8 Å². The Hall–Kier alpha value is -3.19. The summed E-state index contributed by atoms with van der Waals surface area (Å²) in [6.07, 6.45) is 1.45. The molecule has 1 fully saturated rings. The van der Waals surface area contributed by atoms with Gasteiger partial charge in [-0.1, -0.05) is 48.0 Å². The van der Waals surface area contributed by atoms with E-state index in [1.54, 1.807) is 0 Å². The standard InChI is InChI=1S/C23H24N4O2S/c1-16-7-9-17(10-8-16)21-26-20(15-30-21)22(28)27-13-11-19(12-14-27)25-23(29)24-18-5-3-2-4-6-18/h2-10,15,19H,11-14H2,1H3,(H2,24,25,29). The molecule has 2 N–H and O–H groups in total. The molecule has 1 aromatic heterocycles. The van der Waals surface area contributed by atoms with Crippen LogP contribution >= 0.6 is 11.3 Å². The van der Waals surface area contributed by atoms with Gasteiger partial charge in [-0.25, -0.2) is 9.78 Å². The van der Waals surface area contributed by atoms with Gasteiger partial charge in [-0.3, -0.25) is 4.79 Å². The minimum absolute atomic E-state index is 0.0446. The molecule has 0 spiro atoms. The molecule has 3 amide bonds. The number of aromatic nitrogens is 1. The number of carbonyl (C=O) groups excluding carboxylic acids is 2. The molecule has 7 heteroatoms. The fraction of sp³-hybridized carbons (Fsp3) is 0.261. The van der Waals surface area contributed by atoms with Crippen LogP contribution in [0, 0.1) is 6.92 Å². The third-order valence-corrected chi connectivity index (χ3v) is 6.06. The number of hydrogen-bond acceptors (Lipinski definition) is 4. The summed E-state index contributed by atoms with van der Waals surface area (Å²) < 4.78 is 0. The van der Waals surface area contributed by atoms with Gasteiger partial charge in [0.2, 0.25) is 0 Å². The van der Waals surface area contributed by atoms with Crippen molar-refractivity contribution in [3.05, 3.63) is 71.2 Å². The third-order valence-electron chi connectivity index (χ3n) is 5.17. The molecule has 2 heterocycles. The van der Waals surface area contributed by atoms with Gasteiger partial charge < -0.3 is 15.5 Å². The molecule has 0 bridgehead atoms. The molecule has 30 heavy (non-hydrogen) atoms. The maximum atomic E-state index is 12.8. The lowest BCUT2D eigenvalue weighted by atomic mass is 10.0. The number of hydrogen-bond donors (Lipinski definition) is 2. The van der Waals surface area contributed by atoms with Crippen molar-refractivity contribution in [2.75, 3.05) is 18.4 Å². The van der Waals surface area contributed by atoms with Crippen LogP contribution in [0.3, 0.4) is 0 Å². The van der Waals surface area contributed by atoms with Crippen LogP contribution in [0.2, 0.25) is 0 Å². The molecule has 0 radical (unpaired) electrons. The summed E-state index contributed by atoms with van der Waals surface area (Å²) in [5.74, 6) is -0.0446. The number of benzene rings is 2. The normalized spacial score (nSPS) is 14.4. The third kappa shape index (κ3) is 4.86. The van der Waals surface area contributed by atoms with Crippen LogP contribution in [0.1, 0.15) is 28.9 Å². The predicted octanol–water partition coefficient (Wildman–Crippen LogP) is 4.54. The largest absolute Gasteiger partial charge is 0.337 e. The topological polar surface area (TPSA) is 74.3 Å². The molecule has 6 nitrogen and oxygen atoms in total. The van der Waals surface area contributed by atoms with Crippen LogP contribution in [0.15, 0.2) is 60.0 Å². The van der Waals surface area contributed by atoms with E-state index in [1.165, 1.54) is 16.9 Å².